The molecular weight excluding hydrogens is 292 g/mol. The van der Waals surface area contributed by atoms with Crippen LogP contribution in [0, 0.1) is 0 Å². The summed E-state index contributed by atoms with van der Waals surface area (Å²) in [6.07, 6.45) is 1.61. The van der Waals surface area contributed by atoms with Gasteiger partial charge in [-0.15, -0.1) is 0 Å². The highest BCUT2D eigenvalue weighted by Crippen LogP contribution is 2.36. The predicted octanol–water partition coefficient (Wildman–Crippen LogP) is 0.0166. The first-order valence-corrected chi connectivity index (χ1v) is 6.81. The molecule has 1 aromatic rings. The fourth-order valence-electron chi connectivity index (χ4n) is 3.02. The number of ether oxygens (including phenoxy) is 3. The Morgan fingerprint density at radius 2 is 2.09 bits per heavy atom. The van der Waals surface area contributed by atoms with E-state index < -0.39 is 17.6 Å². The van der Waals surface area contributed by atoms with E-state index in [2.05, 4.69) is 4.74 Å². The van der Waals surface area contributed by atoms with E-state index in [9.17, 15) is 14.4 Å². The lowest BCUT2D eigenvalue weighted by molar-refractivity contribution is -0.0239. The SMILES string of the molecule is COC(=O)c1cn2c(c(OC)c1=O)C(=O)N(C)[C@H]1OCC[C@H]12. The van der Waals surface area contributed by atoms with Crippen LogP contribution >= 0.6 is 0 Å². The zero-order valence-electron chi connectivity index (χ0n) is 12.5. The number of amides is 1. The van der Waals surface area contributed by atoms with E-state index in [4.69, 9.17) is 9.47 Å². The summed E-state index contributed by atoms with van der Waals surface area (Å²) in [7, 11) is 4.11. The topological polar surface area (TPSA) is 87.1 Å². The van der Waals surface area contributed by atoms with Crippen molar-refractivity contribution in [3.05, 3.63) is 27.7 Å². The zero-order chi connectivity index (χ0) is 16.0. The molecule has 0 aromatic carbocycles. The number of carbonyl (C=O) groups is 2. The smallest absolute Gasteiger partial charge is 0.343 e. The molecule has 8 heteroatoms. The monoisotopic (exact) mass is 308 g/mol. The summed E-state index contributed by atoms with van der Waals surface area (Å²) in [6.45, 7) is 0.494. The first-order valence-electron chi connectivity index (χ1n) is 6.81. The average Bonchev–Trinajstić information content (AvgIpc) is 3.01. The maximum Gasteiger partial charge on any atom is 0.343 e. The molecule has 2 aliphatic heterocycles. The number of fused-ring (bicyclic) bond motifs is 3. The maximum absolute atomic E-state index is 12.5. The van der Waals surface area contributed by atoms with Gasteiger partial charge in [0.25, 0.3) is 5.91 Å². The van der Waals surface area contributed by atoms with Gasteiger partial charge in [-0.25, -0.2) is 4.79 Å². The van der Waals surface area contributed by atoms with Gasteiger partial charge in [-0.2, -0.15) is 0 Å². The number of esters is 1. The molecule has 2 aliphatic rings. The third kappa shape index (κ3) is 1.83. The van der Waals surface area contributed by atoms with Gasteiger partial charge in [-0.3, -0.25) is 9.59 Å². The van der Waals surface area contributed by atoms with Gasteiger partial charge in [-0.1, -0.05) is 0 Å². The Morgan fingerprint density at radius 3 is 2.73 bits per heavy atom. The van der Waals surface area contributed by atoms with Crippen molar-refractivity contribution < 1.29 is 23.8 Å². The quantitative estimate of drug-likeness (QED) is 0.716. The molecule has 0 bridgehead atoms. The molecule has 1 fully saturated rings. The van der Waals surface area contributed by atoms with Crippen LogP contribution in [-0.2, 0) is 9.47 Å². The third-order valence-electron chi connectivity index (χ3n) is 4.10. The molecule has 1 amide bonds. The fraction of sp³-hybridized carbons (Fsp3) is 0.500. The summed E-state index contributed by atoms with van der Waals surface area (Å²) in [5.74, 6) is -1.29. The molecule has 0 aliphatic carbocycles. The minimum atomic E-state index is -0.763. The van der Waals surface area contributed by atoms with E-state index in [-0.39, 0.29) is 29.0 Å². The second kappa shape index (κ2) is 5.13. The van der Waals surface area contributed by atoms with Crippen LogP contribution < -0.4 is 10.2 Å². The molecule has 8 nitrogen and oxygen atoms in total. The number of hydrogen-bond donors (Lipinski definition) is 0. The lowest BCUT2D eigenvalue weighted by Gasteiger charge is -2.37. The van der Waals surface area contributed by atoms with Crippen LogP contribution in [-0.4, -0.2) is 55.4 Å². The zero-order valence-corrected chi connectivity index (χ0v) is 12.5. The molecule has 0 unspecified atom stereocenters. The van der Waals surface area contributed by atoms with Crippen molar-refractivity contribution in [2.45, 2.75) is 18.7 Å². The first kappa shape index (κ1) is 14.6. The summed E-state index contributed by atoms with van der Waals surface area (Å²) >= 11 is 0. The van der Waals surface area contributed by atoms with Crippen molar-refractivity contribution in [3.63, 3.8) is 0 Å². The molecule has 1 aromatic heterocycles. The van der Waals surface area contributed by atoms with Crippen molar-refractivity contribution in [2.24, 2.45) is 0 Å². The van der Waals surface area contributed by atoms with Gasteiger partial charge in [0.1, 0.15) is 5.56 Å². The molecule has 22 heavy (non-hydrogen) atoms. The average molecular weight is 308 g/mol. The second-order valence-corrected chi connectivity index (χ2v) is 5.19. The lowest BCUT2D eigenvalue weighted by Crippen LogP contribution is -2.48. The molecule has 3 heterocycles. The highest BCUT2D eigenvalue weighted by molar-refractivity contribution is 5.98. The number of rotatable bonds is 2. The van der Waals surface area contributed by atoms with Crippen LogP contribution in [0.4, 0.5) is 0 Å². The minimum absolute atomic E-state index is 0.134. The van der Waals surface area contributed by atoms with Crippen molar-refractivity contribution >= 4 is 11.9 Å². The Kier molecular flexibility index (Phi) is 3.40. The normalized spacial score (nSPS) is 23.0. The van der Waals surface area contributed by atoms with Gasteiger partial charge >= 0.3 is 5.97 Å². The van der Waals surface area contributed by atoms with E-state index in [1.807, 2.05) is 0 Å². The van der Waals surface area contributed by atoms with Crippen LogP contribution in [0.25, 0.3) is 0 Å². The Bertz CT molecular complexity index is 710. The van der Waals surface area contributed by atoms with Crippen molar-refractivity contribution in [1.29, 1.82) is 0 Å². The largest absolute Gasteiger partial charge is 0.491 e. The van der Waals surface area contributed by atoms with Gasteiger partial charge in [0.2, 0.25) is 5.43 Å². The third-order valence-corrected chi connectivity index (χ3v) is 4.10. The molecular formula is C14H16N2O6. The van der Waals surface area contributed by atoms with Crippen molar-refractivity contribution in [1.82, 2.24) is 9.47 Å². The maximum atomic E-state index is 12.5. The van der Waals surface area contributed by atoms with Crippen LogP contribution in [0.2, 0.25) is 0 Å². The minimum Gasteiger partial charge on any atom is -0.491 e. The van der Waals surface area contributed by atoms with Gasteiger partial charge < -0.3 is 23.7 Å². The van der Waals surface area contributed by atoms with Gasteiger partial charge in [0.05, 0.1) is 26.9 Å². The Labute approximate surface area is 126 Å². The summed E-state index contributed by atoms with van der Waals surface area (Å²) in [4.78, 5) is 38.2. The standard InChI is InChI=1S/C14H16N2O6/c1-15-12(18)9-11(20-2)10(17)7(14(19)21-3)6-16(9)8-4-5-22-13(8)15/h6,8,13H,4-5H2,1-3H3/t8-,13+/m1/s1. The molecule has 0 radical (unpaired) electrons. The van der Waals surface area contributed by atoms with E-state index in [1.165, 1.54) is 25.3 Å². The molecule has 1 saturated heterocycles. The highest BCUT2D eigenvalue weighted by Gasteiger charge is 2.44. The molecule has 2 atom stereocenters. The highest BCUT2D eigenvalue weighted by atomic mass is 16.5. The molecule has 0 spiro atoms. The second-order valence-electron chi connectivity index (χ2n) is 5.19. The van der Waals surface area contributed by atoms with E-state index >= 15 is 0 Å². The van der Waals surface area contributed by atoms with Crippen molar-refractivity contribution in [2.75, 3.05) is 27.9 Å². The number of hydrogen-bond acceptors (Lipinski definition) is 6. The Morgan fingerprint density at radius 1 is 1.36 bits per heavy atom. The Hall–Kier alpha value is -2.35. The van der Waals surface area contributed by atoms with Gasteiger partial charge in [0.15, 0.2) is 17.7 Å². The van der Waals surface area contributed by atoms with E-state index in [0.29, 0.717) is 13.0 Å². The predicted molar refractivity (Wildman–Crippen MR) is 74.1 cm³/mol. The number of methoxy groups -OCH3 is 2. The number of pyridine rings is 1. The summed E-state index contributed by atoms with van der Waals surface area (Å²) in [5.41, 5.74) is -0.680. The molecule has 118 valence electrons. The summed E-state index contributed by atoms with van der Waals surface area (Å²) in [6, 6.07) is -0.171. The van der Waals surface area contributed by atoms with Crippen LogP contribution in [0.1, 0.15) is 33.3 Å². The first-order chi connectivity index (χ1) is 10.5. The van der Waals surface area contributed by atoms with Crippen LogP contribution in [0.3, 0.4) is 0 Å². The number of aromatic nitrogens is 1. The van der Waals surface area contributed by atoms with Crippen LogP contribution in [0.5, 0.6) is 5.75 Å². The summed E-state index contributed by atoms with van der Waals surface area (Å²) in [5, 5.41) is 0. The van der Waals surface area contributed by atoms with E-state index in [1.54, 1.807) is 11.6 Å². The molecule has 3 rings (SSSR count). The van der Waals surface area contributed by atoms with Crippen LogP contribution in [0.15, 0.2) is 11.0 Å². The number of likely N-dealkylation sites (N-methyl/N-ethyl adjacent to an activating group) is 1. The molecule has 0 saturated carbocycles. The van der Waals surface area contributed by atoms with Gasteiger partial charge in [-0.05, 0) is 6.42 Å². The fourth-order valence-corrected chi connectivity index (χ4v) is 3.02. The molecule has 0 N–H and O–H groups in total. The summed E-state index contributed by atoms with van der Waals surface area (Å²) < 4.78 is 16.9. The van der Waals surface area contributed by atoms with Crippen molar-refractivity contribution in [3.8, 4) is 5.75 Å². The Balaban J connectivity index is 2.30. The number of carbonyl (C=O) groups excluding carboxylic acids is 2. The van der Waals surface area contributed by atoms with E-state index in [0.717, 1.165) is 0 Å². The number of nitrogens with zero attached hydrogens (tertiary/aromatic N) is 2. The lowest BCUT2D eigenvalue weighted by atomic mass is 10.1. The van der Waals surface area contributed by atoms with Gasteiger partial charge in [0, 0.05) is 13.2 Å².